The molecule has 2 rings (SSSR count). The smallest absolute Gasteiger partial charge is 0.409 e. The van der Waals surface area contributed by atoms with E-state index in [9.17, 15) is 4.79 Å². The van der Waals surface area contributed by atoms with E-state index >= 15 is 0 Å². The Hall–Kier alpha value is -1.75. The fraction of sp³-hybridized carbons (Fsp3) is 0.533. The summed E-state index contributed by atoms with van der Waals surface area (Å²) >= 11 is 0. The van der Waals surface area contributed by atoms with Crippen LogP contribution in [0.3, 0.4) is 0 Å². The number of ether oxygens (including phenoxy) is 2. The summed E-state index contributed by atoms with van der Waals surface area (Å²) in [4.78, 5) is 13.2. The molecule has 0 atom stereocenters. The number of nitrogens with one attached hydrogen (secondary N) is 1. The van der Waals surface area contributed by atoms with Crippen LogP contribution < -0.4 is 10.1 Å². The van der Waals surface area contributed by atoms with Crippen molar-refractivity contribution in [2.24, 2.45) is 0 Å². The van der Waals surface area contributed by atoms with Crippen LogP contribution in [0.1, 0.15) is 18.4 Å². The van der Waals surface area contributed by atoms with E-state index in [-0.39, 0.29) is 6.09 Å². The molecule has 1 aliphatic heterocycles. The van der Waals surface area contributed by atoms with Crippen molar-refractivity contribution in [1.29, 1.82) is 0 Å². The minimum absolute atomic E-state index is 0.229. The number of rotatable bonds is 4. The molecule has 0 spiro atoms. The SMILES string of the molecule is COC(=O)N1CCC(NCc2ccccc2OC)CC1. The summed E-state index contributed by atoms with van der Waals surface area (Å²) < 4.78 is 10.1. The normalized spacial score (nSPS) is 16.0. The second kappa shape index (κ2) is 7.14. The van der Waals surface area contributed by atoms with Crippen LogP contribution in [0.25, 0.3) is 0 Å². The van der Waals surface area contributed by atoms with E-state index in [2.05, 4.69) is 11.4 Å². The zero-order valence-corrected chi connectivity index (χ0v) is 12.1. The minimum atomic E-state index is -0.229. The number of hydrogen-bond donors (Lipinski definition) is 1. The number of nitrogens with zero attached hydrogens (tertiary/aromatic N) is 1. The summed E-state index contributed by atoms with van der Waals surface area (Å²) in [6.07, 6.45) is 1.67. The van der Waals surface area contributed by atoms with Crippen LogP contribution >= 0.6 is 0 Å². The molecule has 1 N–H and O–H groups in total. The van der Waals surface area contributed by atoms with Crippen LogP contribution in [0.2, 0.25) is 0 Å². The molecule has 0 aliphatic carbocycles. The minimum Gasteiger partial charge on any atom is -0.496 e. The molecular weight excluding hydrogens is 256 g/mol. The van der Waals surface area contributed by atoms with Crippen LogP contribution in [0, 0.1) is 0 Å². The van der Waals surface area contributed by atoms with Gasteiger partial charge < -0.3 is 19.7 Å². The van der Waals surface area contributed by atoms with Crippen LogP contribution in [-0.4, -0.2) is 44.3 Å². The van der Waals surface area contributed by atoms with Crippen molar-refractivity contribution in [1.82, 2.24) is 10.2 Å². The predicted octanol–water partition coefficient (Wildman–Crippen LogP) is 2.02. The number of piperidine rings is 1. The highest BCUT2D eigenvalue weighted by molar-refractivity contribution is 5.67. The monoisotopic (exact) mass is 278 g/mol. The third-order valence-electron chi connectivity index (χ3n) is 3.70. The van der Waals surface area contributed by atoms with Gasteiger partial charge in [0.15, 0.2) is 0 Å². The van der Waals surface area contributed by atoms with Crippen molar-refractivity contribution in [3.8, 4) is 5.75 Å². The third-order valence-corrected chi connectivity index (χ3v) is 3.70. The fourth-order valence-electron chi connectivity index (χ4n) is 2.50. The van der Waals surface area contributed by atoms with Crippen molar-refractivity contribution in [2.75, 3.05) is 27.3 Å². The van der Waals surface area contributed by atoms with E-state index in [1.54, 1.807) is 12.0 Å². The number of carbonyl (C=O) groups is 1. The standard InChI is InChI=1S/C15H22N2O3/c1-19-14-6-4-3-5-12(14)11-16-13-7-9-17(10-8-13)15(18)20-2/h3-6,13,16H,7-11H2,1-2H3. The lowest BCUT2D eigenvalue weighted by atomic mass is 10.0. The summed E-state index contributed by atoms with van der Waals surface area (Å²) in [5.41, 5.74) is 1.16. The first-order valence-electron chi connectivity index (χ1n) is 6.92. The van der Waals surface area contributed by atoms with Gasteiger partial charge in [0.25, 0.3) is 0 Å². The number of amides is 1. The van der Waals surface area contributed by atoms with Crippen LogP contribution in [-0.2, 0) is 11.3 Å². The van der Waals surface area contributed by atoms with Gasteiger partial charge in [-0.05, 0) is 18.9 Å². The third kappa shape index (κ3) is 3.63. The Bertz CT molecular complexity index is 442. The second-order valence-corrected chi connectivity index (χ2v) is 4.92. The Kier molecular flexibility index (Phi) is 5.24. The average molecular weight is 278 g/mol. The van der Waals surface area contributed by atoms with Gasteiger partial charge in [0.2, 0.25) is 0 Å². The Morgan fingerprint density at radius 2 is 2.00 bits per heavy atom. The van der Waals surface area contributed by atoms with Gasteiger partial charge in [-0.15, -0.1) is 0 Å². The molecule has 1 saturated heterocycles. The number of hydrogen-bond acceptors (Lipinski definition) is 4. The van der Waals surface area contributed by atoms with Crippen molar-refractivity contribution in [3.63, 3.8) is 0 Å². The predicted molar refractivity (Wildman–Crippen MR) is 76.8 cm³/mol. The van der Waals surface area contributed by atoms with E-state index in [4.69, 9.17) is 9.47 Å². The Morgan fingerprint density at radius 3 is 2.65 bits per heavy atom. The van der Waals surface area contributed by atoms with Gasteiger partial charge in [0.1, 0.15) is 5.75 Å². The highest BCUT2D eigenvalue weighted by Gasteiger charge is 2.22. The molecule has 0 radical (unpaired) electrons. The van der Waals surface area contributed by atoms with Crippen LogP contribution in [0.4, 0.5) is 4.79 Å². The summed E-state index contributed by atoms with van der Waals surface area (Å²) in [6, 6.07) is 8.45. The van der Waals surface area contributed by atoms with Crippen molar-refractivity contribution < 1.29 is 14.3 Å². The number of likely N-dealkylation sites (tertiary alicyclic amines) is 1. The van der Waals surface area contributed by atoms with Crippen molar-refractivity contribution >= 4 is 6.09 Å². The fourth-order valence-corrected chi connectivity index (χ4v) is 2.50. The quantitative estimate of drug-likeness (QED) is 0.915. The maximum absolute atomic E-state index is 11.4. The lowest BCUT2D eigenvalue weighted by Gasteiger charge is -2.31. The first kappa shape index (κ1) is 14.7. The van der Waals surface area contributed by atoms with E-state index in [1.165, 1.54) is 7.11 Å². The largest absolute Gasteiger partial charge is 0.496 e. The maximum Gasteiger partial charge on any atom is 0.409 e. The molecule has 1 aromatic rings. The molecule has 1 aromatic carbocycles. The molecule has 5 heteroatoms. The molecule has 20 heavy (non-hydrogen) atoms. The average Bonchev–Trinajstić information content (AvgIpc) is 2.53. The molecule has 110 valence electrons. The molecule has 0 bridgehead atoms. The molecule has 1 aliphatic rings. The highest BCUT2D eigenvalue weighted by Crippen LogP contribution is 2.18. The van der Waals surface area contributed by atoms with Gasteiger partial charge in [-0.3, -0.25) is 0 Å². The summed E-state index contributed by atoms with van der Waals surface area (Å²) in [5.74, 6) is 0.909. The molecule has 0 unspecified atom stereocenters. The van der Waals surface area contributed by atoms with Crippen LogP contribution in [0.5, 0.6) is 5.75 Å². The van der Waals surface area contributed by atoms with Gasteiger partial charge in [0, 0.05) is 31.2 Å². The lowest BCUT2D eigenvalue weighted by molar-refractivity contribution is 0.109. The first-order chi connectivity index (χ1) is 9.74. The van der Waals surface area contributed by atoms with Crippen LogP contribution in [0.15, 0.2) is 24.3 Å². The second-order valence-electron chi connectivity index (χ2n) is 4.92. The summed E-state index contributed by atoms with van der Waals surface area (Å²) in [6.45, 7) is 2.28. The Morgan fingerprint density at radius 1 is 1.30 bits per heavy atom. The van der Waals surface area contributed by atoms with E-state index < -0.39 is 0 Å². The maximum atomic E-state index is 11.4. The van der Waals surface area contributed by atoms with E-state index in [0.29, 0.717) is 6.04 Å². The summed E-state index contributed by atoms with van der Waals surface area (Å²) in [7, 11) is 3.11. The zero-order chi connectivity index (χ0) is 14.4. The van der Waals surface area contributed by atoms with Crippen molar-refractivity contribution in [2.45, 2.75) is 25.4 Å². The lowest BCUT2D eigenvalue weighted by Crippen LogP contribution is -2.44. The molecule has 0 saturated carbocycles. The molecular formula is C15H22N2O3. The van der Waals surface area contributed by atoms with Gasteiger partial charge in [-0.2, -0.15) is 0 Å². The molecule has 5 nitrogen and oxygen atoms in total. The first-order valence-corrected chi connectivity index (χ1v) is 6.92. The molecule has 1 fully saturated rings. The number of carbonyl (C=O) groups excluding carboxylic acids is 1. The Labute approximate surface area is 119 Å². The Balaban J connectivity index is 1.80. The number of benzene rings is 1. The molecule has 0 aromatic heterocycles. The van der Waals surface area contributed by atoms with Crippen molar-refractivity contribution in [3.05, 3.63) is 29.8 Å². The van der Waals surface area contributed by atoms with E-state index in [0.717, 1.165) is 43.8 Å². The topological polar surface area (TPSA) is 50.8 Å². The van der Waals surface area contributed by atoms with Gasteiger partial charge in [-0.1, -0.05) is 18.2 Å². The molecule has 1 amide bonds. The summed E-state index contributed by atoms with van der Waals surface area (Å²) in [5, 5.41) is 3.53. The zero-order valence-electron chi connectivity index (χ0n) is 12.1. The highest BCUT2D eigenvalue weighted by atomic mass is 16.5. The number of methoxy groups -OCH3 is 2. The van der Waals surface area contributed by atoms with Gasteiger partial charge in [0.05, 0.1) is 14.2 Å². The molecule has 1 heterocycles. The number of para-hydroxylation sites is 1. The van der Waals surface area contributed by atoms with E-state index in [1.807, 2.05) is 18.2 Å². The van der Waals surface area contributed by atoms with Gasteiger partial charge >= 0.3 is 6.09 Å². The van der Waals surface area contributed by atoms with Gasteiger partial charge in [-0.25, -0.2) is 4.79 Å².